The van der Waals surface area contributed by atoms with Crippen LogP contribution in [0.2, 0.25) is 0 Å². The average Bonchev–Trinajstić information content (AvgIpc) is 3.14. The molecule has 6 N–H and O–H groups in total. The molecule has 0 spiro atoms. The van der Waals surface area contributed by atoms with E-state index in [0.29, 0.717) is 23.5 Å². The number of aryl methyl sites for hydroxylation is 1. The van der Waals surface area contributed by atoms with Crippen LogP contribution in [0.3, 0.4) is 0 Å². The Kier molecular flexibility index (Phi) is 6.44. The third kappa shape index (κ3) is 3.77. The first-order valence-corrected chi connectivity index (χ1v) is 12.3. The number of hydrogen-bond donors (Lipinski definition) is 6. The number of fused-ring (bicyclic) bond motifs is 5. The van der Waals surface area contributed by atoms with Crippen molar-refractivity contribution in [2.45, 2.75) is 87.7 Å². The molecule has 0 bridgehead atoms. The third-order valence-electron chi connectivity index (χ3n) is 9.22. The molecule has 1 saturated heterocycles. The van der Waals surface area contributed by atoms with E-state index >= 15 is 0 Å². The Labute approximate surface area is 198 Å². The smallest absolute Gasteiger partial charge is 0.189 e. The summed E-state index contributed by atoms with van der Waals surface area (Å²) in [5.41, 5.74) is 0.243. The van der Waals surface area contributed by atoms with Gasteiger partial charge in [-0.2, -0.15) is 4.89 Å². The van der Waals surface area contributed by atoms with Crippen LogP contribution < -0.4 is 4.89 Å². The predicted molar refractivity (Wildman–Crippen MR) is 119 cm³/mol. The molecule has 1 unspecified atom stereocenters. The minimum atomic E-state index is -2.33. The van der Waals surface area contributed by atoms with Gasteiger partial charge in [-0.05, 0) is 85.0 Å². The molecule has 10 atom stereocenters. The fraction of sp³-hybridized carbons (Fsp3) is 0.760. The van der Waals surface area contributed by atoms with E-state index in [1.807, 2.05) is 12.1 Å². The summed E-state index contributed by atoms with van der Waals surface area (Å²) in [6.07, 6.45) is -0.590. The van der Waals surface area contributed by atoms with Crippen molar-refractivity contribution in [3.8, 4) is 5.75 Å². The van der Waals surface area contributed by atoms with Crippen molar-refractivity contribution >= 4 is 0 Å². The molecule has 3 fully saturated rings. The van der Waals surface area contributed by atoms with Gasteiger partial charge < -0.3 is 40.3 Å². The second-order valence-electron chi connectivity index (χ2n) is 10.9. The highest BCUT2D eigenvalue weighted by Crippen LogP contribution is 2.60. The maximum Gasteiger partial charge on any atom is 0.189 e. The molecule has 9 heteroatoms. The standard InChI is InChI=1S/C25H36O9/c1-24-9-8-16-15-5-3-14(10-13(15)2-4-17(16)18(24)6-7-20(24)27)34-32-12-25(31)22(29)21(28)19(11-26)33-23(25)30/h3,5,10,16-23,26-31H,2,4,6-9,11-12H2,1H3/t16-,17-,18+,19-,20+,21+,22+,23?,24+,25+/m1/s1. The summed E-state index contributed by atoms with van der Waals surface area (Å²) in [6, 6.07) is 5.80. The number of rotatable bonds is 5. The molecule has 4 aliphatic rings. The minimum absolute atomic E-state index is 0.0402. The first-order valence-electron chi connectivity index (χ1n) is 12.3. The Balaban J connectivity index is 1.24. The van der Waals surface area contributed by atoms with Gasteiger partial charge in [-0.3, -0.25) is 0 Å². The van der Waals surface area contributed by atoms with Crippen LogP contribution in [-0.4, -0.2) is 80.2 Å². The number of aliphatic hydroxyl groups is 6. The van der Waals surface area contributed by atoms with Gasteiger partial charge in [0, 0.05) is 0 Å². The third-order valence-corrected chi connectivity index (χ3v) is 9.22. The van der Waals surface area contributed by atoms with Crippen molar-refractivity contribution in [3.05, 3.63) is 29.3 Å². The van der Waals surface area contributed by atoms with Crippen LogP contribution in [0.1, 0.15) is 56.1 Å². The highest BCUT2D eigenvalue weighted by Gasteiger charge is 2.56. The molecule has 1 aliphatic heterocycles. The molecule has 2 saturated carbocycles. The van der Waals surface area contributed by atoms with Crippen molar-refractivity contribution in [2.24, 2.45) is 17.3 Å². The fourth-order valence-corrected chi connectivity index (χ4v) is 7.09. The molecule has 1 heterocycles. The summed E-state index contributed by atoms with van der Waals surface area (Å²) in [5.74, 6) is 2.07. The Bertz CT molecular complexity index is 895. The molecule has 1 aromatic rings. The van der Waals surface area contributed by atoms with Crippen molar-refractivity contribution in [3.63, 3.8) is 0 Å². The van der Waals surface area contributed by atoms with E-state index in [2.05, 4.69) is 13.0 Å². The van der Waals surface area contributed by atoms with Gasteiger partial charge in [0.15, 0.2) is 17.6 Å². The van der Waals surface area contributed by atoms with Crippen molar-refractivity contribution in [1.29, 1.82) is 0 Å². The first kappa shape index (κ1) is 24.4. The van der Waals surface area contributed by atoms with E-state index in [1.54, 1.807) is 0 Å². The van der Waals surface area contributed by atoms with Crippen LogP contribution >= 0.6 is 0 Å². The number of benzene rings is 1. The van der Waals surface area contributed by atoms with Gasteiger partial charge in [0.25, 0.3) is 0 Å². The largest absolute Gasteiger partial charge is 0.394 e. The quantitative estimate of drug-likeness (QED) is 0.260. The van der Waals surface area contributed by atoms with Crippen LogP contribution in [-0.2, 0) is 16.0 Å². The van der Waals surface area contributed by atoms with E-state index in [4.69, 9.17) is 14.5 Å². The minimum Gasteiger partial charge on any atom is -0.394 e. The van der Waals surface area contributed by atoms with Gasteiger partial charge >= 0.3 is 0 Å². The van der Waals surface area contributed by atoms with E-state index in [9.17, 15) is 30.6 Å². The molecule has 5 rings (SSSR count). The van der Waals surface area contributed by atoms with Gasteiger partial charge in [-0.1, -0.05) is 13.0 Å². The molecule has 0 radical (unpaired) electrons. The Morgan fingerprint density at radius 2 is 1.88 bits per heavy atom. The highest BCUT2D eigenvalue weighted by atomic mass is 17.2. The second-order valence-corrected chi connectivity index (χ2v) is 10.9. The Hall–Kier alpha value is -1.30. The van der Waals surface area contributed by atoms with Gasteiger partial charge in [-0.15, -0.1) is 0 Å². The summed E-state index contributed by atoms with van der Waals surface area (Å²) >= 11 is 0. The molecule has 1 aromatic carbocycles. The van der Waals surface area contributed by atoms with E-state index < -0.39 is 43.4 Å². The average molecular weight is 481 g/mol. The summed E-state index contributed by atoms with van der Waals surface area (Å²) < 4.78 is 5.00. The summed E-state index contributed by atoms with van der Waals surface area (Å²) in [4.78, 5) is 10.5. The lowest BCUT2D eigenvalue weighted by molar-refractivity contribution is -0.360. The van der Waals surface area contributed by atoms with Crippen molar-refractivity contribution < 1.29 is 45.2 Å². The maximum absolute atomic E-state index is 10.6. The zero-order chi connectivity index (χ0) is 24.3. The predicted octanol–water partition coefficient (Wildman–Crippen LogP) is 0.376. The van der Waals surface area contributed by atoms with Gasteiger partial charge in [0.05, 0.1) is 12.7 Å². The lowest BCUT2D eigenvalue weighted by Gasteiger charge is -2.50. The summed E-state index contributed by atoms with van der Waals surface area (Å²) in [7, 11) is 0. The van der Waals surface area contributed by atoms with Gasteiger partial charge in [0.2, 0.25) is 0 Å². The molecule has 0 amide bonds. The van der Waals surface area contributed by atoms with Crippen LogP contribution in [0.4, 0.5) is 0 Å². The fourth-order valence-electron chi connectivity index (χ4n) is 7.09. The molecule has 9 nitrogen and oxygen atoms in total. The van der Waals surface area contributed by atoms with E-state index in [-0.39, 0.29) is 11.5 Å². The van der Waals surface area contributed by atoms with Crippen LogP contribution in [0, 0.1) is 17.3 Å². The maximum atomic E-state index is 10.6. The molecular formula is C25H36O9. The molecular weight excluding hydrogens is 444 g/mol. The van der Waals surface area contributed by atoms with Crippen LogP contribution in [0.25, 0.3) is 0 Å². The highest BCUT2D eigenvalue weighted by molar-refractivity contribution is 5.40. The van der Waals surface area contributed by atoms with Crippen LogP contribution in [0.15, 0.2) is 18.2 Å². The summed E-state index contributed by atoms with van der Waals surface area (Å²) in [5, 5.41) is 60.7. The Morgan fingerprint density at radius 3 is 2.65 bits per heavy atom. The van der Waals surface area contributed by atoms with Gasteiger partial charge in [-0.25, -0.2) is 0 Å². The summed E-state index contributed by atoms with van der Waals surface area (Å²) in [6.45, 7) is 0.979. The Morgan fingerprint density at radius 1 is 1.09 bits per heavy atom. The lowest BCUT2D eigenvalue weighted by atomic mass is 9.55. The second kappa shape index (κ2) is 8.97. The van der Waals surface area contributed by atoms with Crippen molar-refractivity contribution in [1.82, 2.24) is 0 Å². The monoisotopic (exact) mass is 480 g/mol. The van der Waals surface area contributed by atoms with E-state index in [1.165, 1.54) is 11.1 Å². The van der Waals surface area contributed by atoms with Crippen molar-refractivity contribution in [2.75, 3.05) is 13.2 Å². The molecule has 0 aromatic heterocycles. The van der Waals surface area contributed by atoms with Crippen LogP contribution in [0.5, 0.6) is 5.75 Å². The SMILES string of the molecule is C[C@]12CC[C@@H]3c4ccc(OOC[C@@]5(O)C(O)O[C@H](CO)[C@H](O)[C@@H]5O)cc4CC[C@H]3[C@@H]1CC[C@@H]2O. The topological polar surface area (TPSA) is 149 Å². The first-order chi connectivity index (χ1) is 16.2. The lowest BCUT2D eigenvalue weighted by Crippen LogP contribution is -2.68. The zero-order valence-electron chi connectivity index (χ0n) is 19.4. The molecule has 3 aliphatic carbocycles. The molecule has 190 valence electrons. The zero-order valence-corrected chi connectivity index (χ0v) is 19.4. The number of aliphatic hydroxyl groups excluding tert-OH is 5. The van der Waals surface area contributed by atoms with Gasteiger partial charge in [0.1, 0.15) is 24.9 Å². The normalized spacial score (nSPS) is 45.9. The van der Waals surface area contributed by atoms with E-state index in [0.717, 1.165) is 38.5 Å². The number of hydrogen-bond acceptors (Lipinski definition) is 9. The number of ether oxygens (including phenoxy) is 1. The molecule has 34 heavy (non-hydrogen) atoms.